The van der Waals surface area contributed by atoms with Gasteiger partial charge in [0.15, 0.2) is 0 Å². The van der Waals surface area contributed by atoms with Crippen molar-refractivity contribution in [3.05, 3.63) is 0 Å². The minimum absolute atomic E-state index is 0.157. The maximum Gasteiger partial charge on any atom is 0.0639 e. The summed E-state index contributed by atoms with van der Waals surface area (Å²) in [6.07, 6.45) is 1.23. The summed E-state index contributed by atoms with van der Waals surface area (Å²) in [5.41, 5.74) is 0. The zero-order valence-electron chi connectivity index (χ0n) is 8.77. The second-order valence-corrected chi connectivity index (χ2v) is 4.37. The number of nitrogens with zero attached hydrogens (tertiary/aromatic N) is 1. The Kier molecular flexibility index (Phi) is 3.71. The van der Waals surface area contributed by atoms with Crippen LogP contribution >= 0.6 is 0 Å². The third-order valence-corrected chi connectivity index (χ3v) is 2.83. The fraction of sp³-hybridized carbons (Fsp3) is 1.00. The highest BCUT2D eigenvalue weighted by Gasteiger charge is 2.29. The van der Waals surface area contributed by atoms with E-state index in [2.05, 4.69) is 18.7 Å². The lowest BCUT2D eigenvalue weighted by atomic mass is 9.94. The van der Waals surface area contributed by atoms with Crippen LogP contribution in [0.5, 0.6) is 0 Å². The van der Waals surface area contributed by atoms with Gasteiger partial charge in [0.2, 0.25) is 0 Å². The number of hydrogen-bond acceptors (Lipinski definition) is 3. The van der Waals surface area contributed by atoms with Crippen molar-refractivity contribution in [1.82, 2.24) is 4.90 Å². The van der Waals surface area contributed by atoms with E-state index in [9.17, 15) is 10.2 Å². The number of hydrogen-bond donors (Lipinski definition) is 2. The van der Waals surface area contributed by atoms with Crippen LogP contribution in [0.1, 0.15) is 33.6 Å². The highest BCUT2D eigenvalue weighted by molar-refractivity contribution is 4.84. The fourth-order valence-electron chi connectivity index (χ4n) is 2.25. The quantitative estimate of drug-likeness (QED) is 0.665. The lowest BCUT2D eigenvalue weighted by Crippen LogP contribution is -2.50. The van der Waals surface area contributed by atoms with Crippen LogP contribution < -0.4 is 0 Å². The molecule has 1 fully saturated rings. The maximum atomic E-state index is 9.51. The van der Waals surface area contributed by atoms with Crippen LogP contribution in [0.4, 0.5) is 0 Å². The van der Waals surface area contributed by atoms with Gasteiger partial charge in [-0.25, -0.2) is 0 Å². The van der Waals surface area contributed by atoms with Gasteiger partial charge in [0.05, 0.1) is 12.2 Å². The van der Waals surface area contributed by atoms with E-state index in [0.717, 1.165) is 19.4 Å². The average Bonchev–Trinajstić information content (AvgIpc) is 1.96. The lowest BCUT2D eigenvalue weighted by molar-refractivity contribution is -0.00793. The van der Waals surface area contributed by atoms with Gasteiger partial charge in [-0.05, 0) is 33.6 Å². The minimum Gasteiger partial charge on any atom is -0.393 e. The molecule has 1 rings (SSSR count). The molecule has 0 amide bonds. The van der Waals surface area contributed by atoms with E-state index >= 15 is 0 Å². The molecule has 0 aromatic rings. The molecule has 0 bridgehead atoms. The number of piperidine rings is 1. The molecular formula is C10H21NO2. The number of β-amino-alcohol motifs (C(OH)–C–C–N with tert-alkyl or cyclic N) is 1. The maximum absolute atomic E-state index is 9.51. The topological polar surface area (TPSA) is 43.7 Å². The van der Waals surface area contributed by atoms with Crippen molar-refractivity contribution in [2.75, 3.05) is 6.54 Å². The van der Waals surface area contributed by atoms with E-state index < -0.39 is 0 Å². The van der Waals surface area contributed by atoms with Crippen molar-refractivity contribution >= 4 is 0 Å². The van der Waals surface area contributed by atoms with Crippen LogP contribution in [-0.2, 0) is 0 Å². The number of aliphatic hydroxyl groups is 2. The Balaban J connectivity index is 2.51. The molecule has 0 spiro atoms. The Labute approximate surface area is 80.4 Å². The van der Waals surface area contributed by atoms with E-state index in [0.29, 0.717) is 12.1 Å². The third kappa shape index (κ3) is 2.93. The van der Waals surface area contributed by atoms with Gasteiger partial charge in [0.25, 0.3) is 0 Å². The van der Waals surface area contributed by atoms with Crippen molar-refractivity contribution in [3.8, 4) is 0 Å². The van der Waals surface area contributed by atoms with Crippen LogP contribution in [0.25, 0.3) is 0 Å². The summed E-state index contributed by atoms with van der Waals surface area (Å²) in [5, 5.41) is 18.8. The van der Waals surface area contributed by atoms with Gasteiger partial charge in [0.1, 0.15) is 0 Å². The van der Waals surface area contributed by atoms with E-state index in [1.54, 1.807) is 0 Å². The van der Waals surface area contributed by atoms with Crippen molar-refractivity contribution in [3.63, 3.8) is 0 Å². The highest BCUT2D eigenvalue weighted by Crippen LogP contribution is 2.22. The summed E-state index contributed by atoms with van der Waals surface area (Å²) in [6, 6.07) is 0.765. The monoisotopic (exact) mass is 187 g/mol. The fourth-order valence-corrected chi connectivity index (χ4v) is 2.25. The second kappa shape index (κ2) is 4.40. The van der Waals surface area contributed by atoms with Gasteiger partial charge >= 0.3 is 0 Å². The summed E-state index contributed by atoms with van der Waals surface area (Å²) in [7, 11) is 0. The van der Waals surface area contributed by atoms with Gasteiger partial charge in [-0.15, -0.1) is 0 Å². The molecule has 0 aromatic carbocycles. The molecule has 1 aliphatic rings. The molecule has 3 nitrogen and oxygen atoms in total. The number of rotatable bonds is 2. The summed E-state index contributed by atoms with van der Waals surface area (Å²) >= 11 is 0. The average molecular weight is 187 g/mol. The number of aliphatic hydroxyl groups excluding tert-OH is 2. The molecule has 78 valence electrons. The molecule has 3 heteroatoms. The lowest BCUT2D eigenvalue weighted by Gasteiger charge is -2.41. The summed E-state index contributed by atoms with van der Waals surface area (Å²) < 4.78 is 0. The van der Waals surface area contributed by atoms with Gasteiger partial charge < -0.3 is 10.2 Å². The molecule has 0 saturated carbocycles. The van der Waals surface area contributed by atoms with Crippen molar-refractivity contribution < 1.29 is 10.2 Å². The molecule has 1 heterocycles. The SMILES string of the molecule is CC(O)CN1C(C)CC(O)CC1C. The first-order valence-electron chi connectivity index (χ1n) is 5.12. The largest absolute Gasteiger partial charge is 0.393 e. The zero-order valence-corrected chi connectivity index (χ0v) is 8.77. The second-order valence-electron chi connectivity index (χ2n) is 4.37. The molecule has 0 aromatic heterocycles. The molecule has 0 aliphatic carbocycles. The third-order valence-electron chi connectivity index (χ3n) is 2.83. The van der Waals surface area contributed by atoms with Gasteiger partial charge in [0, 0.05) is 18.6 Å². The van der Waals surface area contributed by atoms with Crippen LogP contribution in [0, 0.1) is 0 Å². The van der Waals surface area contributed by atoms with E-state index in [4.69, 9.17) is 0 Å². The standard InChI is InChI=1S/C10H21NO2/c1-7-4-10(13)5-8(2)11(7)6-9(3)12/h7-10,12-13H,4-6H2,1-3H3. The Morgan fingerprint density at radius 3 is 2.15 bits per heavy atom. The van der Waals surface area contributed by atoms with E-state index in [1.807, 2.05) is 6.92 Å². The first-order chi connectivity index (χ1) is 6.00. The summed E-state index contributed by atoms with van der Waals surface area (Å²) in [5.74, 6) is 0. The molecule has 1 aliphatic heterocycles. The number of likely N-dealkylation sites (tertiary alicyclic amines) is 1. The van der Waals surface area contributed by atoms with Gasteiger partial charge in [-0.2, -0.15) is 0 Å². The zero-order chi connectivity index (χ0) is 10.0. The predicted molar refractivity (Wildman–Crippen MR) is 52.6 cm³/mol. The van der Waals surface area contributed by atoms with E-state index in [-0.39, 0.29) is 12.2 Å². The first kappa shape index (κ1) is 11.0. The smallest absolute Gasteiger partial charge is 0.0639 e. The van der Waals surface area contributed by atoms with Gasteiger partial charge in [-0.1, -0.05) is 0 Å². The molecular weight excluding hydrogens is 166 g/mol. The first-order valence-corrected chi connectivity index (χ1v) is 5.12. The highest BCUT2D eigenvalue weighted by atomic mass is 16.3. The molecule has 2 N–H and O–H groups in total. The summed E-state index contributed by atoms with van der Waals surface area (Å²) in [4.78, 5) is 2.28. The normalized spacial score (nSPS) is 39.0. The van der Waals surface area contributed by atoms with Crippen LogP contribution in [0.2, 0.25) is 0 Å². The summed E-state index contributed by atoms with van der Waals surface area (Å²) in [6.45, 7) is 6.75. The van der Waals surface area contributed by atoms with Gasteiger partial charge in [-0.3, -0.25) is 4.90 Å². The molecule has 3 atom stereocenters. The van der Waals surface area contributed by atoms with Crippen molar-refractivity contribution in [2.24, 2.45) is 0 Å². The molecule has 13 heavy (non-hydrogen) atoms. The Morgan fingerprint density at radius 1 is 1.31 bits per heavy atom. The molecule has 1 saturated heterocycles. The molecule has 0 radical (unpaired) electrons. The van der Waals surface area contributed by atoms with Crippen LogP contribution in [0.3, 0.4) is 0 Å². The Hall–Kier alpha value is -0.120. The van der Waals surface area contributed by atoms with E-state index in [1.165, 1.54) is 0 Å². The Morgan fingerprint density at radius 2 is 1.77 bits per heavy atom. The Bertz CT molecular complexity index is 149. The van der Waals surface area contributed by atoms with Crippen molar-refractivity contribution in [1.29, 1.82) is 0 Å². The predicted octanol–water partition coefficient (Wildman–Crippen LogP) is 0.601. The minimum atomic E-state index is -0.278. The van der Waals surface area contributed by atoms with Crippen LogP contribution in [0.15, 0.2) is 0 Å². The van der Waals surface area contributed by atoms with Crippen LogP contribution in [-0.4, -0.2) is 45.9 Å². The molecule has 3 unspecified atom stereocenters. The van der Waals surface area contributed by atoms with Crippen molar-refractivity contribution in [2.45, 2.75) is 57.9 Å².